The number of halogens is 1. The van der Waals surface area contributed by atoms with Crippen LogP contribution in [0, 0.1) is 0 Å². The second kappa shape index (κ2) is 11.8. The predicted octanol–water partition coefficient (Wildman–Crippen LogP) is 3.58. The van der Waals surface area contributed by atoms with Crippen LogP contribution in [0.15, 0.2) is 37.3 Å². The Labute approximate surface area is 216 Å². The fraction of sp³-hybridized carbons (Fsp3) is 0.375. The number of aromatic nitrogens is 5. The molecular weight excluding hydrogens is 482 g/mol. The molecule has 36 heavy (non-hydrogen) atoms. The van der Waals surface area contributed by atoms with Gasteiger partial charge in [0.25, 0.3) is 0 Å². The van der Waals surface area contributed by atoms with Gasteiger partial charge in [0.15, 0.2) is 5.82 Å². The summed E-state index contributed by atoms with van der Waals surface area (Å²) in [6.45, 7) is 8.85. The summed E-state index contributed by atoms with van der Waals surface area (Å²) in [5.41, 5.74) is 2.25. The molecule has 0 saturated heterocycles. The Hall–Kier alpha value is -3.70. The second-order valence-corrected chi connectivity index (χ2v) is 9.12. The maximum atomic E-state index is 12.2. The van der Waals surface area contributed by atoms with Gasteiger partial charge in [-0.2, -0.15) is 10.1 Å². The van der Waals surface area contributed by atoms with Crippen LogP contribution in [-0.2, 0) is 11.8 Å². The number of ether oxygens (including phenoxy) is 1. The largest absolute Gasteiger partial charge is 0.473 e. The molecule has 0 aliphatic rings. The molecule has 3 heterocycles. The standard InChI is InChI=1S/C24H32ClN9O2/c1-8-20(35)28-18-11-19(23(36-15(2)3)31-22(18)33(6)10-9-32(4)5)29-24-26-13-17(25)21(30-24)16-12-27-34(7)14-16/h8,11-15H,1,9-10H2,2-7H3,(H,28,35)(H,26,29,30). The number of amides is 1. The number of aryl methyl sites for hydroxylation is 1. The van der Waals surface area contributed by atoms with Crippen molar-refractivity contribution in [2.24, 2.45) is 7.05 Å². The summed E-state index contributed by atoms with van der Waals surface area (Å²) in [6.07, 6.45) is 6.06. The van der Waals surface area contributed by atoms with Crippen LogP contribution in [0.25, 0.3) is 11.3 Å². The first-order valence-electron chi connectivity index (χ1n) is 11.4. The highest BCUT2D eigenvalue weighted by atomic mass is 35.5. The van der Waals surface area contributed by atoms with E-state index in [9.17, 15) is 4.79 Å². The fourth-order valence-electron chi connectivity index (χ4n) is 3.21. The first kappa shape index (κ1) is 26.9. The summed E-state index contributed by atoms with van der Waals surface area (Å²) in [5, 5.41) is 10.6. The molecule has 12 heteroatoms. The molecule has 0 aliphatic carbocycles. The van der Waals surface area contributed by atoms with Gasteiger partial charge in [-0.3, -0.25) is 9.48 Å². The van der Waals surface area contributed by atoms with Gasteiger partial charge in [0.1, 0.15) is 5.69 Å². The van der Waals surface area contributed by atoms with Gasteiger partial charge in [0, 0.05) is 38.9 Å². The van der Waals surface area contributed by atoms with E-state index in [2.05, 4.69) is 37.2 Å². The number of rotatable bonds is 11. The molecule has 0 fully saturated rings. The van der Waals surface area contributed by atoms with Gasteiger partial charge in [0.05, 0.1) is 34.9 Å². The monoisotopic (exact) mass is 513 g/mol. The van der Waals surface area contributed by atoms with Crippen molar-refractivity contribution >= 4 is 40.6 Å². The molecule has 0 atom stereocenters. The van der Waals surface area contributed by atoms with Gasteiger partial charge in [-0.25, -0.2) is 9.97 Å². The van der Waals surface area contributed by atoms with Crippen LogP contribution in [0.1, 0.15) is 13.8 Å². The van der Waals surface area contributed by atoms with E-state index in [4.69, 9.17) is 21.3 Å². The smallest absolute Gasteiger partial charge is 0.247 e. The Kier molecular flexibility index (Phi) is 8.83. The van der Waals surface area contributed by atoms with Crippen molar-refractivity contribution in [2.45, 2.75) is 20.0 Å². The van der Waals surface area contributed by atoms with Crippen molar-refractivity contribution < 1.29 is 9.53 Å². The van der Waals surface area contributed by atoms with E-state index in [0.717, 1.165) is 12.1 Å². The maximum absolute atomic E-state index is 12.2. The van der Waals surface area contributed by atoms with E-state index >= 15 is 0 Å². The van der Waals surface area contributed by atoms with Crippen LogP contribution in [-0.4, -0.2) is 75.9 Å². The van der Waals surface area contributed by atoms with E-state index in [-0.39, 0.29) is 18.0 Å². The highest BCUT2D eigenvalue weighted by Crippen LogP contribution is 2.36. The van der Waals surface area contributed by atoms with Crippen LogP contribution in [0.3, 0.4) is 0 Å². The molecule has 0 bridgehead atoms. The van der Waals surface area contributed by atoms with Crippen molar-refractivity contribution in [3.05, 3.63) is 42.3 Å². The van der Waals surface area contributed by atoms with Gasteiger partial charge in [-0.05, 0) is 40.1 Å². The van der Waals surface area contributed by atoms with Gasteiger partial charge in [-0.15, -0.1) is 0 Å². The van der Waals surface area contributed by atoms with E-state index < -0.39 is 0 Å². The third kappa shape index (κ3) is 6.92. The third-order valence-electron chi connectivity index (χ3n) is 4.97. The average Bonchev–Trinajstić information content (AvgIpc) is 3.25. The summed E-state index contributed by atoms with van der Waals surface area (Å²) in [5.74, 6) is 0.823. The molecule has 3 aromatic rings. The average molecular weight is 514 g/mol. The zero-order valence-electron chi connectivity index (χ0n) is 21.4. The number of carbonyl (C=O) groups is 1. The number of nitrogens with zero attached hydrogens (tertiary/aromatic N) is 7. The number of pyridine rings is 1. The number of likely N-dealkylation sites (N-methyl/N-ethyl adjacent to an activating group) is 2. The van der Waals surface area contributed by atoms with E-state index in [1.54, 1.807) is 16.9 Å². The lowest BCUT2D eigenvalue weighted by Gasteiger charge is -2.25. The zero-order valence-corrected chi connectivity index (χ0v) is 22.2. The van der Waals surface area contributed by atoms with Crippen LogP contribution >= 0.6 is 11.6 Å². The SMILES string of the molecule is C=CC(=O)Nc1cc(Nc2ncc(Cl)c(-c3cnn(C)c3)n2)c(OC(C)C)nc1N(C)CCN(C)C. The second-order valence-electron chi connectivity index (χ2n) is 8.71. The van der Waals surface area contributed by atoms with Crippen molar-refractivity contribution in [3.8, 4) is 17.1 Å². The Morgan fingerprint density at radius 1 is 1.22 bits per heavy atom. The molecule has 0 unspecified atom stereocenters. The molecule has 2 N–H and O–H groups in total. The minimum Gasteiger partial charge on any atom is -0.473 e. The van der Waals surface area contributed by atoms with E-state index in [1.807, 2.05) is 53.1 Å². The molecule has 0 saturated carbocycles. The number of nitrogens with one attached hydrogen (secondary N) is 2. The minimum atomic E-state index is -0.357. The minimum absolute atomic E-state index is 0.149. The maximum Gasteiger partial charge on any atom is 0.247 e. The molecule has 0 aromatic carbocycles. The zero-order chi connectivity index (χ0) is 26.4. The summed E-state index contributed by atoms with van der Waals surface area (Å²) < 4.78 is 7.69. The Morgan fingerprint density at radius 3 is 2.58 bits per heavy atom. The van der Waals surface area contributed by atoms with Gasteiger partial charge >= 0.3 is 0 Å². The number of hydrogen-bond acceptors (Lipinski definition) is 9. The van der Waals surface area contributed by atoms with E-state index in [0.29, 0.717) is 40.3 Å². The molecular formula is C24H32ClN9O2. The third-order valence-corrected chi connectivity index (χ3v) is 5.25. The van der Waals surface area contributed by atoms with Crippen LogP contribution in [0.4, 0.5) is 23.1 Å². The lowest BCUT2D eigenvalue weighted by atomic mass is 10.2. The number of carbonyl (C=O) groups excluding carboxylic acids is 1. The van der Waals surface area contributed by atoms with Crippen molar-refractivity contribution in [3.63, 3.8) is 0 Å². The topological polar surface area (TPSA) is 113 Å². The lowest BCUT2D eigenvalue weighted by Crippen LogP contribution is -2.30. The molecule has 11 nitrogen and oxygen atoms in total. The highest BCUT2D eigenvalue weighted by Gasteiger charge is 2.20. The molecule has 3 aromatic heterocycles. The Balaban J connectivity index is 2.05. The fourth-order valence-corrected chi connectivity index (χ4v) is 3.41. The summed E-state index contributed by atoms with van der Waals surface area (Å²) in [4.78, 5) is 29.9. The lowest BCUT2D eigenvalue weighted by molar-refractivity contribution is -0.111. The first-order valence-corrected chi connectivity index (χ1v) is 11.7. The summed E-state index contributed by atoms with van der Waals surface area (Å²) in [6, 6.07) is 1.75. The van der Waals surface area contributed by atoms with Crippen LogP contribution in [0.2, 0.25) is 5.02 Å². The number of anilines is 4. The molecule has 0 aliphatic heterocycles. The summed E-state index contributed by atoms with van der Waals surface area (Å²) in [7, 11) is 7.71. The predicted molar refractivity (Wildman–Crippen MR) is 143 cm³/mol. The van der Waals surface area contributed by atoms with Crippen LogP contribution < -0.4 is 20.3 Å². The van der Waals surface area contributed by atoms with Gasteiger partial charge in [0.2, 0.25) is 17.7 Å². The van der Waals surface area contributed by atoms with Crippen molar-refractivity contribution in [1.29, 1.82) is 0 Å². The molecule has 192 valence electrons. The first-order chi connectivity index (χ1) is 17.1. The summed E-state index contributed by atoms with van der Waals surface area (Å²) >= 11 is 6.36. The van der Waals surface area contributed by atoms with Crippen LogP contribution in [0.5, 0.6) is 5.88 Å². The normalized spacial score (nSPS) is 11.0. The molecule has 3 rings (SSSR count). The van der Waals surface area contributed by atoms with Crippen molar-refractivity contribution in [2.75, 3.05) is 49.8 Å². The van der Waals surface area contributed by atoms with Gasteiger partial charge < -0.3 is 25.2 Å². The quantitative estimate of drug-likeness (QED) is 0.371. The van der Waals surface area contributed by atoms with Crippen molar-refractivity contribution in [1.82, 2.24) is 29.6 Å². The Morgan fingerprint density at radius 2 is 1.97 bits per heavy atom. The molecule has 1 amide bonds. The molecule has 0 spiro atoms. The molecule has 0 radical (unpaired) electrons. The number of hydrogen-bond donors (Lipinski definition) is 2. The van der Waals surface area contributed by atoms with Gasteiger partial charge in [-0.1, -0.05) is 18.2 Å². The van der Waals surface area contributed by atoms with E-state index in [1.165, 1.54) is 12.3 Å². The Bertz CT molecular complexity index is 1230. The highest BCUT2D eigenvalue weighted by molar-refractivity contribution is 6.32.